The first-order valence-corrected chi connectivity index (χ1v) is 12.8. The molecule has 4 rings (SSSR count). The van der Waals surface area contributed by atoms with E-state index in [-0.39, 0.29) is 35.9 Å². The van der Waals surface area contributed by atoms with Gasteiger partial charge in [-0.2, -0.15) is 5.10 Å². The molecule has 3 heterocycles. The van der Waals surface area contributed by atoms with E-state index in [4.69, 9.17) is 5.73 Å². The number of hydrogen-bond acceptors (Lipinski definition) is 7. The highest BCUT2D eigenvalue weighted by Crippen LogP contribution is 2.32. The number of nitrogens with one attached hydrogen (secondary N) is 1. The molecule has 1 aliphatic rings. The number of likely N-dealkylation sites (tertiary alicyclic amines) is 1. The topological polar surface area (TPSA) is 139 Å². The summed E-state index contributed by atoms with van der Waals surface area (Å²) >= 11 is 0. The summed E-state index contributed by atoms with van der Waals surface area (Å²) < 4.78 is 1.71. The minimum atomic E-state index is -0.432. The predicted molar refractivity (Wildman–Crippen MR) is 146 cm³/mol. The second-order valence-electron chi connectivity index (χ2n) is 10.5. The fourth-order valence-electron chi connectivity index (χ4n) is 5.15. The highest BCUT2D eigenvalue weighted by atomic mass is 16.2. The molecule has 202 valence electrons. The van der Waals surface area contributed by atoms with Gasteiger partial charge in [0.05, 0.1) is 17.8 Å². The summed E-state index contributed by atoms with van der Waals surface area (Å²) in [5, 5.41) is 8.01. The second-order valence-corrected chi connectivity index (χ2v) is 10.5. The van der Waals surface area contributed by atoms with E-state index in [1.165, 1.54) is 6.33 Å². The van der Waals surface area contributed by atoms with E-state index in [9.17, 15) is 14.4 Å². The quantitative estimate of drug-likeness (QED) is 0.457. The number of aromatic nitrogens is 4. The summed E-state index contributed by atoms with van der Waals surface area (Å²) in [6, 6.07) is 3.67. The van der Waals surface area contributed by atoms with Crippen molar-refractivity contribution in [1.82, 2.24) is 29.5 Å². The maximum atomic E-state index is 13.5. The van der Waals surface area contributed by atoms with Crippen molar-refractivity contribution in [2.24, 2.45) is 5.92 Å². The van der Waals surface area contributed by atoms with Gasteiger partial charge in [-0.15, -0.1) is 0 Å². The Kier molecular flexibility index (Phi) is 7.66. The summed E-state index contributed by atoms with van der Waals surface area (Å²) in [4.78, 5) is 49.4. The smallest absolute Gasteiger partial charge is 0.277 e. The molecule has 1 fully saturated rings. The number of nitrogens with two attached hydrogens (primary N) is 1. The molecule has 2 unspecified atom stereocenters. The van der Waals surface area contributed by atoms with Crippen LogP contribution < -0.4 is 11.1 Å². The molecule has 0 spiro atoms. The Morgan fingerprint density at radius 1 is 1.18 bits per heavy atom. The molecular formula is C27H36N8O3. The van der Waals surface area contributed by atoms with Gasteiger partial charge in [0.25, 0.3) is 5.91 Å². The molecule has 0 bridgehead atoms. The van der Waals surface area contributed by atoms with Crippen LogP contribution in [-0.4, -0.2) is 74.5 Å². The number of benzene rings is 1. The zero-order valence-electron chi connectivity index (χ0n) is 22.9. The Hall–Kier alpha value is -4.02. The number of nitrogen functional groups attached to an aromatic ring is 1. The zero-order valence-corrected chi connectivity index (χ0v) is 22.9. The van der Waals surface area contributed by atoms with Gasteiger partial charge in [0.1, 0.15) is 12.1 Å². The molecule has 0 radical (unpaired) electrons. The lowest BCUT2D eigenvalue weighted by molar-refractivity contribution is -0.128. The second kappa shape index (κ2) is 10.8. The van der Waals surface area contributed by atoms with Crippen molar-refractivity contribution < 1.29 is 14.4 Å². The van der Waals surface area contributed by atoms with E-state index in [0.717, 1.165) is 35.9 Å². The maximum Gasteiger partial charge on any atom is 0.277 e. The van der Waals surface area contributed by atoms with Crippen molar-refractivity contribution in [3.8, 4) is 0 Å². The summed E-state index contributed by atoms with van der Waals surface area (Å²) in [6.07, 6.45) is 4.15. The molecular weight excluding hydrogens is 484 g/mol. The van der Waals surface area contributed by atoms with E-state index < -0.39 is 5.91 Å². The van der Waals surface area contributed by atoms with Gasteiger partial charge in [0.2, 0.25) is 12.3 Å². The monoisotopic (exact) mass is 520 g/mol. The van der Waals surface area contributed by atoms with Gasteiger partial charge in [-0.1, -0.05) is 19.9 Å². The van der Waals surface area contributed by atoms with E-state index in [0.29, 0.717) is 29.2 Å². The maximum absolute atomic E-state index is 13.5. The van der Waals surface area contributed by atoms with Gasteiger partial charge in [0, 0.05) is 32.4 Å². The van der Waals surface area contributed by atoms with Crippen LogP contribution in [0.1, 0.15) is 59.9 Å². The lowest BCUT2D eigenvalue weighted by Crippen LogP contribution is -2.45. The number of anilines is 2. The normalized spacial score (nSPS) is 17.6. The Balaban J connectivity index is 1.65. The first-order chi connectivity index (χ1) is 18.0. The molecule has 3 amide bonds. The Morgan fingerprint density at radius 2 is 1.92 bits per heavy atom. The van der Waals surface area contributed by atoms with Gasteiger partial charge < -0.3 is 20.9 Å². The number of carbonyl (C=O) groups excluding carboxylic acids is 3. The lowest BCUT2D eigenvalue weighted by atomic mass is 9.91. The van der Waals surface area contributed by atoms with Crippen LogP contribution in [0.3, 0.4) is 0 Å². The minimum absolute atomic E-state index is 0.00680. The van der Waals surface area contributed by atoms with Crippen molar-refractivity contribution in [3.05, 3.63) is 40.8 Å². The molecule has 2 atom stereocenters. The van der Waals surface area contributed by atoms with Crippen LogP contribution in [0.5, 0.6) is 0 Å². The summed E-state index contributed by atoms with van der Waals surface area (Å²) in [5.41, 5.74) is 10.1. The van der Waals surface area contributed by atoms with E-state index >= 15 is 0 Å². The zero-order chi connectivity index (χ0) is 27.7. The molecule has 1 saturated heterocycles. The van der Waals surface area contributed by atoms with E-state index in [1.54, 1.807) is 29.7 Å². The average Bonchev–Trinajstić information content (AvgIpc) is 3.29. The van der Waals surface area contributed by atoms with Gasteiger partial charge in [0.15, 0.2) is 11.3 Å². The Morgan fingerprint density at radius 3 is 2.58 bits per heavy atom. The summed E-state index contributed by atoms with van der Waals surface area (Å²) in [6.45, 7) is 8.53. The number of piperidine rings is 1. The van der Waals surface area contributed by atoms with Crippen LogP contribution in [0.15, 0.2) is 18.5 Å². The van der Waals surface area contributed by atoms with Crippen LogP contribution >= 0.6 is 0 Å². The first kappa shape index (κ1) is 27.0. The number of amides is 3. The molecule has 1 aliphatic heterocycles. The van der Waals surface area contributed by atoms with Crippen molar-refractivity contribution in [2.45, 2.75) is 59.0 Å². The average molecular weight is 521 g/mol. The summed E-state index contributed by atoms with van der Waals surface area (Å²) in [5.74, 6) is 0.0826. The number of rotatable bonds is 7. The molecule has 3 N–H and O–H groups in total. The van der Waals surface area contributed by atoms with Crippen LogP contribution in [0.25, 0.3) is 11.0 Å². The lowest BCUT2D eigenvalue weighted by Gasteiger charge is -2.39. The number of carbonyl (C=O) groups is 3. The van der Waals surface area contributed by atoms with E-state index in [2.05, 4.69) is 34.2 Å². The SMILES string of the molecule is Cc1c(CC(=O)N(C)C)ccc(NC(=O)c2nn(C3CCC(C(C)C)N(C=O)C3)c3ncnc(N)c23)c1C. The molecule has 2 aromatic heterocycles. The van der Waals surface area contributed by atoms with Gasteiger partial charge in [-0.3, -0.25) is 14.4 Å². The predicted octanol–water partition coefficient (Wildman–Crippen LogP) is 2.73. The van der Waals surface area contributed by atoms with Gasteiger partial charge in [-0.05, 0) is 55.4 Å². The van der Waals surface area contributed by atoms with Crippen molar-refractivity contribution in [3.63, 3.8) is 0 Å². The van der Waals surface area contributed by atoms with Gasteiger partial charge in [-0.25, -0.2) is 14.6 Å². The molecule has 1 aromatic carbocycles. The van der Waals surface area contributed by atoms with Crippen LogP contribution in [0.4, 0.5) is 11.5 Å². The number of nitrogens with zero attached hydrogens (tertiary/aromatic N) is 6. The highest BCUT2D eigenvalue weighted by Gasteiger charge is 2.33. The standard InChI is InChI=1S/C27H36N8O3/c1-15(2)21-10-8-19(12-34(21)14-36)35-26-23(25(28)29-13-30-26)24(32-35)27(38)31-20-9-7-18(16(3)17(20)4)11-22(37)33(5)6/h7,9,13-15,19,21H,8,10-12H2,1-6H3,(H,31,38)(H2,28,29,30). The van der Waals surface area contributed by atoms with Crippen LogP contribution in [0.2, 0.25) is 0 Å². The van der Waals surface area contributed by atoms with Crippen LogP contribution in [0, 0.1) is 19.8 Å². The van der Waals surface area contributed by atoms with E-state index in [1.807, 2.05) is 24.8 Å². The Bertz CT molecular complexity index is 1380. The molecule has 0 aliphatic carbocycles. The highest BCUT2D eigenvalue weighted by molar-refractivity contribution is 6.13. The molecule has 11 heteroatoms. The number of hydrogen-bond donors (Lipinski definition) is 2. The van der Waals surface area contributed by atoms with Crippen molar-refractivity contribution >= 4 is 40.8 Å². The molecule has 38 heavy (non-hydrogen) atoms. The molecule has 11 nitrogen and oxygen atoms in total. The van der Waals surface area contributed by atoms with Crippen molar-refractivity contribution in [2.75, 3.05) is 31.7 Å². The fourth-order valence-corrected chi connectivity index (χ4v) is 5.15. The van der Waals surface area contributed by atoms with Gasteiger partial charge >= 0.3 is 0 Å². The largest absolute Gasteiger partial charge is 0.383 e. The first-order valence-electron chi connectivity index (χ1n) is 12.8. The third-order valence-corrected chi connectivity index (χ3v) is 7.62. The third kappa shape index (κ3) is 5.05. The Labute approximate surface area is 222 Å². The summed E-state index contributed by atoms with van der Waals surface area (Å²) in [7, 11) is 3.45. The minimum Gasteiger partial charge on any atom is -0.383 e. The molecule has 0 saturated carbocycles. The fraction of sp³-hybridized carbons (Fsp3) is 0.481. The molecule has 3 aromatic rings. The third-order valence-electron chi connectivity index (χ3n) is 7.62. The van der Waals surface area contributed by atoms with Crippen molar-refractivity contribution in [1.29, 1.82) is 0 Å². The number of fused-ring (bicyclic) bond motifs is 1. The number of likely N-dealkylation sites (N-methyl/N-ethyl adjacent to an activating group) is 1. The van der Waals surface area contributed by atoms with Crippen LogP contribution in [-0.2, 0) is 16.0 Å².